The van der Waals surface area contributed by atoms with Crippen LogP contribution in [0.5, 0.6) is 0 Å². The summed E-state index contributed by atoms with van der Waals surface area (Å²) in [7, 11) is 0. The molecule has 2 amide bonds. The minimum Gasteiger partial charge on any atom is -0.351 e. The Morgan fingerprint density at radius 2 is 1.79 bits per heavy atom. The number of carbonyl (C=O) groups excluding carboxylic acids is 2. The number of hydrogen-bond acceptors (Lipinski definition) is 6. The van der Waals surface area contributed by atoms with Crippen LogP contribution in [0.1, 0.15) is 13.8 Å². The molecule has 3 rings (SSSR count). The summed E-state index contributed by atoms with van der Waals surface area (Å²) in [6.07, 6.45) is 0. The smallest absolute Gasteiger partial charge is 0.232 e. The number of piperazine rings is 1. The second-order valence-electron chi connectivity index (χ2n) is 5.55. The van der Waals surface area contributed by atoms with E-state index >= 15 is 0 Å². The molecule has 0 saturated carbocycles. The number of amides is 2. The molecule has 3 heterocycles. The molecule has 8 nitrogen and oxygen atoms in total. The molecule has 0 spiro atoms. The number of rotatable bonds is 2. The summed E-state index contributed by atoms with van der Waals surface area (Å²) in [5.74, 6) is 0.642. The van der Waals surface area contributed by atoms with E-state index < -0.39 is 0 Å². The SMILES string of the molecule is CC(=O)Nc1nc(N2CCN(C(C)=O)CC2)c2nc(Cl)ccc2n1. The molecule has 0 aliphatic carbocycles. The fraction of sp³-hybridized carbons (Fsp3) is 0.400. The van der Waals surface area contributed by atoms with E-state index in [1.807, 2.05) is 4.90 Å². The van der Waals surface area contributed by atoms with E-state index in [2.05, 4.69) is 20.3 Å². The topological polar surface area (TPSA) is 91.3 Å². The Hall–Kier alpha value is -2.48. The first kappa shape index (κ1) is 16.4. The van der Waals surface area contributed by atoms with Crippen molar-refractivity contribution in [2.24, 2.45) is 0 Å². The number of carbonyl (C=O) groups is 2. The predicted molar refractivity (Wildman–Crippen MR) is 91.1 cm³/mol. The van der Waals surface area contributed by atoms with Gasteiger partial charge >= 0.3 is 0 Å². The van der Waals surface area contributed by atoms with E-state index in [1.165, 1.54) is 6.92 Å². The van der Waals surface area contributed by atoms with Crippen molar-refractivity contribution < 1.29 is 9.59 Å². The van der Waals surface area contributed by atoms with Crippen LogP contribution < -0.4 is 10.2 Å². The third-order valence-electron chi connectivity index (χ3n) is 3.80. The lowest BCUT2D eigenvalue weighted by molar-refractivity contribution is -0.129. The molecule has 1 N–H and O–H groups in total. The van der Waals surface area contributed by atoms with Crippen LogP contribution in [0.2, 0.25) is 5.15 Å². The lowest BCUT2D eigenvalue weighted by atomic mass is 10.2. The van der Waals surface area contributed by atoms with Gasteiger partial charge in [-0.3, -0.25) is 14.9 Å². The number of hydrogen-bond donors (Lipinski definition) is 1. The third-order valence-corrected chi connectivity index (χ3v) is 4.01. The zero-order valence-corrected chi connectivity index (χ0v) is 14.2. The normalized spacial score (nSPS) is 14.8. The molecule has 1 aliphatic rings. The summed E-state index contributed by atoms with van der Waals surface area (Å²) >= 11 is 6.01. The average molecular weight is 349 g/mol. The van der Waals surface area contributed by atoms with Gasteiger partial charge in [0.15, 0.2) is 5.82 Å². The monoisotopic (exact) mass is 348 g/mol. The van der Waals surface area contributed by atoms with Crippen molar-refractivity contribution in [2.75, 3.05) is 36.4 Å². The van der Waals surface area contributed by atoms with Crippen molar-refractivity contribution in [3.05, 3.63) is 17.3 Å². The number of nitrogens with one attached hydrogen (secondary N) is 1. The number of halogens is 1. The maximum absolute atomic E-state index is 11.5. The molecule has 0 radical (unpaired) electrons. The van der Waals surface area contributed by atoms with Crippen LogP contribution >= 0.6 is 11.6 Å². The van der Waals surface area contributed by atoms with Gasteiger partial charge in [0, 0.05) is 40.0 Å². The first-order valence-corrected chi connectivity index (χ1v) is 7.94. The van der Waals surface area contributed by atoms with Gasteiger partial charge in [-0.15, -0.1) is 0 Å². The van der Waals surface area contributed by atoms with Gasteiger partial charge < -0.3 is 9.80 Å². The number of fused-ring (bicyclic) bond motifs is 1. The summed E-state index contributed by atoms with van der Waals surface area (Å²) in [5, 5.41) is 2.95. The molecule has 1 saturated heterocycles. The van der Waals surface area contributed by atoms with E-state index in [1.54, 1.807) is 24.0 Å². The maximum atomic E-state index is 11.5. The molecular formula is C15H17ClN6O2. The van der Waals surface area contributed by atoms with Crippen LogP contribution in [0.15, 0.2) is 12.1 Å². The van der Waals surface area contributed by atoms with Crippen LogP contribution in [0, 0.1) is 0 Å². The lowest BCUT2D eigenvalue weighted by Gasteiger charge is -2.35. The molecule has 0 unspecified atom stereocenters. The highest BCUT2D eigenvalue weighted by molar-refractivity contribution is 6.29. The van der Waals surface area contributed by atoms with Crippen LogP contribution in [0.4, 0.5) is 11.8 Å². The minimum atomic E-state index is -0.247. The highest BCUT2D eigenvalue weighted by Crippen LogP contribution is 2.26. The number of pyridine rings is 1. The number of nitrogens with zero attached hydrogens (tertiary/aromatic N) is 5. The quantitative estimate of drug-likeness (QED) is 0.823. The van der Waals surface area contributed by atoms with Crippen molar-refractivity contribution in [1.29, 1.82) is 0 Å². The zero-order valence-electron chi connectivity index (χ0n) is 13.4. The van der Waals surface area contributed by atoms with Crippen LogP contribution in [-0.4, -0.2) is 57.8 Å². The van der Waals surface area contributed by atoms with Crippen LogP contribution in [0.3, 0.4) is 0 Å². The zero-order chi connectivity index (χ0) is 17.3. The Morgan fingerprint density at radius 1 is 1.08 bits per heavy atom. The van der Waals surface area contributed by atoms with Crippen LogP contribution in [-0.2, 0) is 9.59 Å². The van der Waals surface area contributed by atoms with Gasteiger partial charge in [-0.1, -0.05) is 11.6 Å². The van der Waals surface area contributed by atoms with Gasteiger partial charge in [0.2, 0.25) is 17.8 Å². The van der Waals surface area contributed by atoms with Crippen molar-refractivity contribution in [3.63, 3.8) is 0 Å². The van der Waals surface area contributed by atoms with Crippen molar-refractivity contribution in [1.82, 2.24) is 19.9 Å². The van der Waals surface area contributed by atoms with E-state index in [0.717, 1.165) is 0 Å². The summed E-state index contributed by atoms with van der Waals surface area (Å²) < 4.78 is 0. The fourth-order valence-corrected chi connectivity index (χ4v) is 2.79. The molecule has 0 bridgehead atoms. The molecular weight excluding hydrogens is 332 g/mol. The fourth-order valence-electron chi connectivity index (χ4n) is 2.64. The van der Waals surface area contributed by atoms with Gasteiger partial charge in [-0.25, -0.2) is 9.97 Å². The molecule has 0 atom stereocenters. The molecule has 2 aromatic rings. The van der Waals surface area contributed by atoms with Crippen molar-refractivity contribution >= 4 is 46.2 Å². The Morgan fingerprint density at radius 3 is 2.42 bits per heavy atom. The number of anilines is 2. The standard InChI is InChI=1S/C15H17ClN6O2/c1-9(23)17-15-18-11-3-4-12(16)19-13(11)14(20-15)22-7-5-21(6-8-22)10(2)24/h3-4H,5-8H2,1-2H3,(H,17,18,20,23). The van der Waals surface area contributed by atoms with Crippen molar-refractivity contribution in [2.45, 2.75) is 13.8 Å². The highest BCUT2D eigenvalue weighted by Gasteiger charge is 2.23. The van der Waals surface area contributed by atoms with Gasteiger partial charge in [0.05, 0.1) is 5.52 Å². The van der Waals surface area contributed by atoms with Crippen LogP contribution in [0.25, 0.3) is 11.0 Å². The predicted octanol–water partition coefficient (Wildman–Crippen LogP) is 1.31. The second kappa shape index (κ2) is 6.56. The molecule has 1 fully saturated rings. The van der Waals surface area contributed by atoms with Crippen molar-refractivity contribution in [3.8, 4) is 0 Å². The van der Waals surface area contributed by atoms with E-state index in [-0.39, 0.29) is 17.8 Å². The second-order valence-corrected chi connectivity index (χ2v) is 5.93. The Bertz CT molecular complexity index is 804. The van der Waals surface area contributed by atoms with E-state index in [9.17, 15) is 9.59 Å². The largest absolute Gasteiger partial charge is 0.351 e. The Kier molecular flexibility index (Phi) is 4.48. The molecule has 0 aromatic carbocycles. The lowest BCUT2D eigenvalue weighted by Crippen LogP contribution is -2.48. The van der Waals surface area contributed by atoms with Gasteiger partial charge in [-0.2, -0.15) is 4.98 Å². The third kappa shape index (κ3) is 3.38. The van der Waals surface area contributed by atoms with E-state index in [4.69, 9.17) is 11.6 Å². The minimum absolute atomic E-state index is 0.0577. The number of aromatic nitrogens is 3. The first-order valence-electron chi connectivity index (χ1n) is 7.56. The molecule has 2 aromatic heterocycles. The Balaban J connectivity index is 2.00. The molecule has 9 heteroatoms. The average Bonchev–Trinajstić information content (AvgIpc) is 2.54. The molecule has 126 valence electrons. The summed E-state index contributed by atoms with van der Waals surface area (Å²) in [6.45, 7) is 5.43. The van der Waals surface area contributed by atoms with Gasteiger partial charge in [-0.05, 0) is 12.1 Å². The Labute approximate surface area is 143 Å². The maximum Gasteiger partial charge on any atom is 0.232 e. The molecule has 24 heavy (non-hydrogen) atoms. The molecule has 1 aliphatic heterocycles. The van der Waals surface area contributed by atoms with Gasteiger partial charge in [0.1, 0.15) is 10.7 Å². The summed E-state index contributed by atoms with van der Waals surface area (Å²) in [6, 6.07) is 3.39. The summed E-state index contributed by atoms with van der Waals surface area (Å²) in [5.41, 5.74) is 1.18. The van der Waals surface area contributed by atoms with E-state index in [0.29, 0.717) is 48.2 Å². The summed E-state index contributed by atoms with van der Waals surface area (Å²) in [4.78, 5) is 39.7. The first-order chi connectivity index (χ1) is 11.4. The highest BCUT2D eigenvalue weighted by atomic mass is 35.5. The van der Waals surface area contributed by atoms with Gasteiger partial charge in [0.25, 0.3) is 0 Å².